The number of nitrogens with zero attached hydrogens (tertiary/aromatic N) is 4. The van der Waals surface area contributed by atoms with Crippen molar-refractivity contribution in [2.45, 2.75) is 18.4 Å². The first kappa shape index (κ1) is 14.1. The minimum atomic E-state index is -0.0561. The number of nitrogens with one attached hydrogen (secondary N) is 1. The van der Waals surface area contributed by atoms with Crippen molar-refractivity contribution in [2.75, 3.05) is 24.5 Å². The minimum Gasteiger partial charge on any atom is -0.358 e. The molecule has 122 valence electrons. The summed E-state index contributed by atoms with van der Waals surface area (Å²) < 4.78 is 1.70. The summed E-state index contributed by atoms with van der Waals surface area (Å²) in [7, 11) is 0. The number of hydrogen-bond acceptors (Lipinski definition) is 6. The smallest absolute Gasteiger partial charge is 0.259 e. The lowest BCUT2D eigenvalue weighted by Gasteiger charge is -2.35. The van der Waals surface area contributed by atoms with E-state index in [-0.39, 0.29) is 11.1 Å². The summed E-state index contributed by atoms with van der Waals surface area (Å²) in [6.07, 6.45) is 5.81. The van der Waals surface area contributed by atoms with Gasteiger partial charge in [0.2, 0.25) is 0 Å². The Morgan fingerprint density at radius 2 is 2.08 bits per heavy atom. The van der Waals surface area contributed by atoms with E-state index in [4.69, 9.17) is 0 Å². The van der Waals surface area contributed by atoms with Crippen LogP contribution in [-0.4, -0.2) is 39.5 Å². The molecule has 1 saturated heterocycles. The van der Waals surface area contributed by atoms with Crippen LogP contribution >= 0.6 is 11.3 Å². The predicted octanol–water partition coefficient (Wildman–Crippen LogP) is 1.76. The highest BCUT2D eigenvalue weighted by molar-refractivity contribution is 7.21. The van der Waals surface area contributed by atoms with E-state index < -0.39 is 0 Å². The highest BCUT2D eigenvalue weighted by atomic mass is 32.1. The van der Waals surface area contributed by atoms with Gasteiger partial charge in [0.15, 0.2) is 4.96 Å². The fourth-order valence-corrected chi connectivity index (χ4v) is 4.59. The van der Waals surface area contributed by atoms with Crippen molar-refractivity contribution in [3.8, 4) is 11.4 Å². The molecule has 2 fully saturated rings. The third kappa shape index (κ3) is 2.16. The number of thiazole rings is 1. The molecule has 24 heavy (non-hydrogen) atoms. The molecule has 6 nitrogen and oxygen atoms in total. The molecule has 0 radical (unpaired) electrons. The van der Waals surface area contributed by atoms with Crippen LogP contribution in [0.15, 0.2) is 41.5 Å². The lowest BCUT2D eigenvalue weighted by molar-refractivity contribution is 0.443. The van der Waals surface area contributed by atoms with Crippen molar-refractivity contribution in [1.29, 1.82) is 0 Å². The van der Waals surface area contributed by atoms with Gasteiger partial charge in [-0.25, -0.2) is 9.38 Å². The topological polar surface area (TPSA) is 62.5 Å². The summed E-state index contributed by atoms with van der Waals surface area (Å²) in [5, 5.41) is 4.73. The predicted molar refractivity (Wildman–Crippen MR) is 94.8 cm³/mol. The molecular formula is C17H17N5OS. The van der Waals surface area contributed by atoms with Crippen LogP contribution in [0.3, 0.4) is 0 Å². The zero-order valence-electron chi connectivity index (χ0n) is 13.1. The Bertz CT molecular complexity index is 960. The van der Waals surface area contributed by atoms with Gasteiger partial charge < -0.3 is 10.2 Å². The Morgan fingerprint density at radius 1 is 1.17 bits per heavy atom. The SMILES string of the molecule is O=c1ccnc2sc(N3CCNC4(CC4)C3)c(-c3ccccn3)n12. The fourth-order valence-electron chi connectivity index (χ4n) is 3.46. The van der Waals surface area contributed by atoms with Crippen LogP contribution in [0.4, 0.5) is 5.00 Å². The van der Waals surface area contributed by atoms with Crippen LogP contribution in [-0.2, 0) is 0 Å². The number of anilines is 1. The van der Waals surface area contributed by atoms with Crippen molar-refractivity contribution in [3.05, 3.63) is 47.0 Å². The first-order valence-electron chi connectivity index (χ1n) is 8.18. The van der Waals surface area contributed by atoms with Crippen LogP contribution in [0.5, 0.6) is 0 Å². The molecule has 5 rings (SSSR count). The Balaban J connectivity index is 1.73. The van der Waals surface area contributed by atoms with E-state index in [1.807, 2.05) is 18.2 Å². The molecule has 0 bridgehead atoms. The van der Waals surface area contributed by atoms with Gasteiger partial charge in [0.05, 0.1) is 5.69 Å². The maximum atomic E-state index is 12.5. The highest BCUT2D eigenvalue weighted by Crippen LogP contribution is 2.43. The van der Waals surface area contributed by atoms with Crippen molar-refractivity contribution in [1.82, 2.24) is 19.7 Å². The van der Waals surface area contributed by atoms with Crippen LogP contribution in [0, 0.1) is 0 Å². The second-order valence-electron chi connectivity index (χ2n) is 6.50. The summed E-state index contributed by atoms with van der Waals surface area (Å²) in [6.45, 7) is 2.88. The van der Waals surface area contributed by atoms with Gasteiger partial charge in [0, 0.05) is 43.6 Å². The van der Waals surface area contributed by atoms with Crippen LogP contribution < -0.4 is 15.8 Å². The number of rotatable bonds is 2. The van der Waals surface area contributed by atoms with Crippen molar-refractivity contribution >= 4 is 21.3 Å². The second kappa shape index (κ2) is 5.12. The Hall–Kier alpha value is -2.25. The molecule has 3 aromatic heterocycles. The molecule has 7 heteroatoms. The summed E-state index contributed by atoms with van der Waals surface area (Å²) >= 11 is 1.58. The van der Waals surface area contributed by atoms with E-state index in [1.54, 1.807) is 28.1 Å². The van der Waals surface area contributed by atoms with Gasteiger partial charge >= 0.3 is 0 Å². The third-order valence-corrected chi connectivity index (χ3v) is 5.97. The van der Waals surface area contributed by atoms with Gasteiger partial charge in [0.1, 0.15) is 10.7 Å². The van der Waals surface area contributed by atoms with E-state index in [0.29, 0.717) is 0 Å². The Kier molecular flexibility index (Phi) is 3.01. The molecular weight excluding hydrogens is 322 g/mol. The molecule has 1 aliphatic heterocycles. The number of fused-ring (bicyclic) bond motifs is 1. The Labute approximate surface area is 142 Å². The first-order valence-corrected chi connectivity index (χ1v) is 8.99. The molecule has 2 aliphatic rings. The lowest BCUT2D eigenvalue weighted by atomic mass is 10.2. The van der Waals surface area contributed by atoms with Crippen LogP contribution in [0.2, 0.25) is 0 Å². The van der Waals surface area contributed by atoms with Gasteiger partial charge in [-0.05, 0) is 25.0 Å². The van der Waals surface area contributed by atoms with Gasteiger partial charge in [0.25, 0.3) is 5.56 Å². The lowest BCUT2D eigenvalue weighted by Crippen LogP contribution is -2.52. The molecule has 0 aromatic carbocycles. The number of piperazine rings is 1. The molecule has 1 saturated carbocycles. The molecule has 3 aromatic rings. The summed E-state index contributed by atoms with van der Waals surface area (Å²) in [4.78, 5) is 24.5. The van der Waals surface area contributed by atoms with Gasteiger partial charge in [-0.2, -0.15) is 0 Å². The highest BCUT2D eigenvalue weighted by Gasteiger charge is 2.46. The molecule has 0 atom stereocenters. The van der Waals surface area contributed by atoms with E-state index >= 15 is 0 Å². The first-order chi connectivity index (χ1) is 11.8. The van der Waals surface area contributed by atoms with Crippen LogP contribution in [0.25, 0.3) is 16.3 Å². The van der Waals surface area contributed by atoms with E-state index in [0.717, 1.165) is 41.0 Å². The van der Waals surface area contributed by atoms with Crippen molar-refractivity contribution in [3.63, 3.8) is 0 Å². The molecule has 4 heterocycles. The summed E-state index contributed by atoms with van der Waals surface area (Å²) in [6, 6.07) is 7.32. The number of aromatic nitrogens is 3. The van der Waals surface area contributed by atoms with E-state index in [9.17, 15) is 4.79 Å². The minimum absolute atomic E-state index is 0.0561. The monoisotopic (exact) mass is 339 g/mol. The quantitative estimate of drug-likeness (QED) is 0.771. The number of pyridine rings is 1. The normalized spacial score (nSPS) is 19.1. The van der Waals surface area contributed by atoms with Gasteiger partial charge in [-0.3, -0.25) is 9.78 Å². The fraction of sp³-hybridized carbons (Fsp3) is 0.353. The maximum absolute atomic E-state index is 12.5. The average molecular weight is 339 g/mol. The van der Waals surface area contributed by atoms with Gasteiger partial charge in [-0.15, -0.1) is 0 Å². The van der Waals surface area contributed by atoms with Gasteiger partial charge in [-0.1, -0.05) is 17.4 Å². The molecule has 1 N–H and O–H groups in total. The van der Waals surface area contributed by atoms with Crippen LogP contribution in [0.1, 0.15) is 12.8 Å². The van der Waals surface area contributed by atoms with E-state index in [1.165, 1.54) is 18.9 Å². The van der Waals surface area contributed by atoms with Crippen molar-refractivity contribution in [2.24, 2.45) is 0 Å². The molecule has 1 spiro atoms. The average Bonchev–Trinajstić information content (AvgIpc) is 3.22. The zero-order chi connectivity index (χ0) is 16.1. The third-order valence-electron chi connectivity index (χ3n) is 4.85. The van der Waals surface area contributed by atoms with Crippen molar-refractivity contribution < 1.29 is 0 Å². The molecule has 0 unspecified atom stereocenters. The zero-order valence-corrected chi connectivity index (χ0v) is 13.9. The largest absolute Gasteiger partial charge is 0.358 e. The molecule has 0 amide bonds. The molecule has 1 aliphatic carbocycles. The second-order valence-corrected chi connectivity index (χ2v) is 7.46. The van der Waals surface area contributed by atoms with E-state index in [2.05, 4.69) is 20.2 Å². The number of hydrogen-bond donors (Lipinski definition) is 1. The standard InChI is InChI=1S/C17H17N5OS/c23-13-4-8-19-16-22(13)14(12-3-1-2-7-18-12)15(24-16)21-10-9-20-17(11-21)5-6-17/h1-4,7-8,20H,5-6,9-11H2. The maximum Gasteiger partial charge on any atom is 0.259 e. The Morgan fingerprint density at radius 3 is 2.88 bits per heavy atom. The summed E-state index contributed by atoms with van der Waals surface area (Å²) in [5.41, 5.74) is 1.90. The summed E-state index contributed by atoms with van der Waals surface area (Å²) in [5.74, 6) is 0.